The van der Waals surface area contributed by atoms with E-state index >= 15 is 0 Å². The van der Waals surface area contributed by atoms with Crippen molar-refractivity contribution in [1.29, 1.82) is 0 Å². The molecular formula is C13H20N2O. The Morgan fingerprint density at radius 1 is 1.44 bits per heavy atom. The van der Waals surface area contributed by atoms with Crippen LogP contribution in [0.5, 0.6) is 0 Å². The van der Waals surface area contributed by atoms with Crippen LogP contribution in [0.4, 0.5) is 5.69 Å². The van der Waals surface area contributed by atoms with Crippen LogP contribution < -0.4 is 10.6 Å². The van der Waals surface area contributed by atoms with Crippen LogP contribution in [0.1, 0.15) is 25.8 Å². The molecule has 0 bridgehead atoms. The summed E-state index contributed by atoms with van der Waals surface area (Å²) in [6, 6.07) is 7.92. The zero-order chi connectivity index (χ0) is 12.1. The molecule has 0 fully saturated rings. The lowest BCUT2D eigenvalue weighted by Gasteiger charge is -2.30. The molecule has 1 unspecified atom stereocenters. The maximum absolute atomic E-state index is 11.4. The lowest BCUT2D eigenvalue weighted by atomic mass is 10.1. The van der Waals surface area contributed by atoms with Gasteiger partial charge in [-0.05, 0) is 38.0 Å². The van der Waals surface area contributed by atoms with Gasteiger partial charge in [0.1, 0.15) is 6.04 Å². The summed E-state index contributed by atoms with van der Waals surface area (Å²) in [5, 5.41) is 0. The lowest BCUT2D eigenvalue weighted by Crippen LogP contribution is -2.44. The first kappa shape index (κ1) is 12.6. The Labute approximate surface area is 97.2 Å². The SMILES string of the molecule is CCC(C(N)=O)N(CC)c1cccc(C)c1. The van der Waals surface area contributed by atoms with Crippen molar-refractivity contribution >= 4 is 11.6 Å². The molecule has 3 nitrogen and oxygen atoms in total. The molecule has 1 atom stereocenters. The highest BCUT2D eigenvalue weighted by Crippen LogP contribution is 2.19. The molecule has 88 valence electrons. The molecule has 1 amide bonds. The van der Waals surface area contributed by atoms with Gasteiger partial charge in [-0.25, -0.2) is 0 Å². The van der Waals surface area contributed by atoms with Gasteiger partial charge in [-0.15, -0.1) is 0 Å². The van der Waals surface area contributed by atoms with Crippen molar-refractivity contribution in [2.45, 2.75) is 33.2 Å². The molecule has 1 aromatic rings. The van der Waals surface area contributed by atoms with Gasteiger partial charge in [0.2, 0.25) is 5.91 Å². The summed E-state index contributed by atoms with van der Waals surface area (Å²) in [4.78, 5) is 13.4. The number of rotatable bonds is 5. The smallest absolute Gasteiger partial charge is 0.240 e. The van der Waals surface area contributed by atoms with Crippen LogP contribution in [0.15, 0.2) is 24.3 Å². The molecule has 0 aliphatic heterocycles. The molecule has 0 saturated carbocycles. The number of benzene rings is 1. The van der Waals surface area contributed by atoms with Crippen LogP contribution in [0.25, 0.3) is 0 Å². The molecular weight excluding hydrogens is 200 g/mol. The van der Waals surface area contributed by atoms with Gasteiger partial charge in [0.05, 0.1) is 0 Å². The highest BCUT2D eigenvalue weighted by atomic mass is 16.1. The second-order valence-electron chi connectivity index (χ2n) is 3.95. The molecule has 2 N–H and O–H groups in total. The Kier molecular flexibility index (Phi) is 4.35. The van der Waals surface area contributed by atoms with E-state index < -0.39 is 0 Å². The van der Waals surface area contributed by atoms with Gasteiger partial charge in [0.15, 0.2) is 0 Å². The first-order chi connectivity index (χ1) is 7.60. The van der Waals surface area contributed by atoms with Crippen molar-refractivity contribution in [2.75, 3.05) is 11.4 Å². The summed E-state index contributed by atoms with van der Waals surface area (Å²) < 4.78 is 0. The number of hydrogen-bond acceptors (Lipinski definition) is 2. The number of nitrogens with zero attached hydrogens (tertiary/aromatic N) is 1. The molecule has 0 radical (unpaired) electrons. The van der Waals surface area contributed by atoms with Crippen LogP contribution in [-0.2, 0) is 4.79 Å². The number of amides is 1. The first-order valence-electron chi connectivity index (χ1n) is 5.72. The third-order valence-electron chi connectivity index (χ3n) is 2.77. The van der Waals surface area contributed by atoms with Crippen LogP contribution in [0, 0.1) is 6.92 Å². The van der Waals surface area contributed by atoms with E-state index in [2.05, 4.69) is 11.0 Å². The van der Waals surface area contributed by atoms with Crippen molar-refractivity contribution in [3.8, 4) is 0 Å². The quantitative estimate of drug-likeness (QED) is 0.826. The van der Waals surface area contributed by atoms with Crippen LogP contribution in [0.2, 0.25) is 0 Å². The fourth-order valence-corrected chi connectivity index (χ4v) is 1.96. The zero-order valence-electron chi connectivity index (χ0n) is 10.2. The van der Waals surface area contributed by atoms with Gasteiger partial charge in [0.25, 0.3) is 0 Å². The second kappa shape index (κ2) is 5.54. The van der Waals surface area contributed by atoms with E-state index in [0.717, 1.165) is 18.7 Å². The molecule has 0 aliphatic rings. The number of hydrogen-bond donors (Lipinski definition) is 1. The van der Waals surface area contributed by atoms with Crippen molar-refractivity contribution in [2.24, 2.45) is 5.73 Å². The van der Waals surface area contributed by atoms with Crippen molar-refractivity contribution in [3.63, 3.8) is 0 Å². The molecule has 0 saturated heterocycles. The Bertz CT molecular complexity index is 363. The van der Waals surface area contributed by atoms with Crippen LogP contribution >= 0.6 is 0 Å². The van der Waals surface area contributed by atoms with E-state index in [1.54, 1.807) is 0 Å². The molecule has 0 heterocycles. The van der Waals surface area contributed by atoms with Gasteiger partial charge in [-0.3, -0.25) is 4.79 Å². The highest BCUT2D eigenvalue weighted by molar-refractivity contribution is 5.83. The van der Waals surface area contributed by atoms with Gasteiger partial charge in [0, 0.05) is 12.2 Å². The predicted octanol–water partition coefficient (Wildman–Crippen LogP) is 2.09. The second-order valence-corrected chi connectivity index (χ2v) is 3.95. The topological polar surface area (TPSA) is 46.3 Å². The fraction of sp³-hybridized carbons (Fsp3) is 0.462. The fourth-order valence-electron chi connectivity index (χ4n) is 1.96. The number of carbonyl (C=O) groups excluding carboxylic acids is 1. The average Bonchev–Trinajstić information content (AvgIpc) is 2.25. The average molecular weight is 220 g/mol. The molecule has 0 aromatic heterocycles. The number of anilines is 1. The maximum Gasteiger partial charge on any atom is 0.240 e. The third kappa shape index (κ3) is 2.75. The minimum Gasteiger partial charge on any atom is -0.368 e. The van der Waals surface area contributed by atoms with Gasteiger partial charge < -0.3 is 10.6 Å². The van der Waals surface area contributed by atoms with Crippen LogP contribution in [-0.4, -0.2) is 18.5 Å². The predicted molar refractivity (Wildman–Crippen MR) is 67.5 cm³/mol. The van der Waals surface area contributed by atoms with E-state index in [9.17, 15) is 4.79 Å². The Hall–Kier alpha value is -1.51. The van der Waals surface area contributed by atoms with E-state index in [0.29, 0.717) is 0 Å². The monoisotopic (exact) mass is 220 g/mol. The van der Waals surface area contributed by atoms with E-state index in [1.807, 2.05) is 39.0 Å². The molecule has 3 heteroatoms. The van der Waals surface area contributed by atoms with Gasteiger partial charge in [-0.1, -0.05) is 19.1 Å². The maximum atomic E-state index is 11.4. The van der Waals surface area contributed by atoms with Gasteiger partial charge >= 0.3 is 0 Å². The summed E-state index contributed by atoms with van der Waals surface area (Å²) in [5.41, 5.74) is 7.67. The summed E-state index contributed by atoms with van der Waals surface area (Å²) in [7, 11) is 0. The standard InChI is InChI=1S/C13H20N2O/c1-4-12(13(14)16)15(5-2)11-8-6-7-10(3)9-11/h6-9,12H,4-5H2,1-3H3,(H2,14,16). The molecule has 1 aromatic carbocycles. The molecule has 0 spiro atoms. The van der Waals surface area contributed by atoms with E-state index in [1.165, 1.54) is 5.56 Å². The molecule has 0 aliphatic carbocycles. The summed E-state index contributed by atoms with van der Waals surface area (Å²) in [6.45, 7) is 6.84. The molecule has 1 rings (SSSR count). The first-order valence-corrected chi connectivity index (χ1v) is 5.72. The summed E-state index contributed by atoms with van der Waals surface area (Å²) in [6.07, 6.45) is 0.733. The minimum atomic E-state index is -0.258. The van der Waals surface area contributed by atoms with Crippen LogP contribution in [0.3, 0.4) is 0 Å². The lowest BCUT2D eigenvalue weighted by molar-refractivity contribution is -0.119. The Morgan fingerprint density at radius 3 is 2.56 bits per heavy atom. The normalized spacial score (nSPS) is 12.2. The van der Waals surface area contributed by atoms with Gasteiger partial charge in [-0.2, -0.15) is 0 Å². The zero-order valence-corrected chi connectivity index (χ0v) is 10.2. The number of carbonyl (C=O) groups is 1. The third-order valence-corrected chi connectivity index (χ3v) is 2.77. The molecule has 16 heavy (non-hydrogen) atoms. The minimum absolute atomic E-state index is 0.216. The van der Waals surface area contributed by atoms with Crippen molar-refractivity contribution in [3.05, 3.63) is 29.8 Å². The number of nitrogens with two attached hydrogens (primary N) is 1. The summed E-state index contributed by atoms with van der Waals surface area (Å²) in [5.74, 6) is -0.258. The largest absolute Gasteiger partial charge is 0.368 e. The van der Waals surface area contributed by atoms with Crippen molar-refractivity contribution < 1.29 is 4.79 Å². The Morgan fingerprint density at radius 2 is 2.12 bits per heavy atom. The number of primary amides is 1. The van der Waals surface area contributed by atoms with E-state index in [4.69, 9.17) is 5.73 Å². The van der Waals surface area contributed by atoms with E-state index in [-0.39, 0.29) is 11.9 Å². The van der Waals surface area contributed by atoms with Crippen molar-refractivity contribution in [1.82, 2.24) is 0 Å². The Balaban J connectivity index is 3.01. The highest BCUT2D eigenvalue weighted by Gasteiger charge is 2.20. The number of aryl methyl sites for hydroxylation is 1. The summed E-state index contributed by atoms with van der Waals surface area (Å²) >= 11 is 0. The number of likely N-dealkylation sites (N-methyl/N-ethyl adjacent to an activating group) is 1.